The zero-order valence-corrected chi connectivity index (χ0v) is 12.0. The first-order valence-corrected chi connectivity index (χ1v) is 7.58. The summed E-state index contributed by atoms with van der Waals surface area (Å²) in [6.45, 7) is 4.13. The predicted molar refractivity (Wildman–Crippen MR) is 69.3 cm³/mol. The SMILES string of the molecule is CCOc1ccc(-c2ccc(CC)[se]2)c(F)c1F. The van der Waals surface area contributed by atoms with Crippen LogP contribution in [0.3, 0.4) is 0 Å². The van der Waals surface area contributed by atoms with Crippen molar-refractivity contribution in [1.29, 1.82) is 0 Å². The van der Waals surface area contributed by atoms with E-state index in [4.69, 9.17) is 4.74 Å². The third-order valence-corrected chi connectivity index (χ3v) is 5.27. The van der Waals surface area contributed by atoms with Crippen molar-refractivity contribution in [1.82, 2.24) is 0 Å². The van der Waals surface area contributed by atoms with E-state index < -0.39 is 11.6 Å². The molecule has 18 heavy (non-hydrogen) atoms. The Morgan fingerprint density at radius 1 is 1.06 bits per heavy atom. The van der Waals surface area contributed by atoms with Gasteiger partial charge in [-0.3, -0.25) is 0 Å². The molecule has 1 aromatic heterocycles. The van der Waals surface area contributed by atoms with Gasteiger partial charge in [0.15, 0.2) is 0 Å². The third kappa shape index (κ3) is 2.50. The van der Waals surface area contributed by atoms with Crippen molar-refractivity contribution in [3.63, 3.8) is 0 Å². The Balaban J connectivity index is 2.43. The molecule has 0 fully saturated rings. The fourth-order valence-corrected chi connectivity index (χ4v) is 3.73. The average molecular weight is 315 g/mol. The van der Waals surface area contributed by atoms with Crippen LogP contribution in [0.5, 0.6) is 5.75 Å². The van der Waals surface area contributed by atoms with E-state index in [0.29, 0.717) is 12.2 Å². The van der Waals surface area contributed by atoms with Gasteiger partial charge in [0.1, 0.15) is 0 Å². The maximum atomic E-state index is 14.0. The van der Waals surface area contributed by atoms with Crippen molar-refractivity contribution >= 4 is 14.5 Å². The molecule has 96 valence electrons. The monoisotopic (exact) mass is 316 g/mol. The number of hydrogen-bond donors (Lipinski definition) is 0. The molecule has 2 rings (SSSR count). The Morgan fingerprint density at radius 2 is 1.83 bits per heavy atom. The third-order valence-electron chi connectivity index (χ3n) is 2.62. The normalized spacial score (nSPS) is 10.7. The molecule has 0 unspecified atom stereocenters. The van der Waals surface area contributed by atoms with Crippen LogP contribution in [0, 0.1) is 11.6 Å². The van der Waals surface area contributed by atoms with Crippen LogP contribution in [0.15, 0.2) is 24.3 Å². The molecule has 0 N–H and O–H groups in total. The van der Waals surface area contributed by atoms with Gasteiger partial charge >= 0.3 is 111 Å². The second kappa shape index (κ2) is 5.68. The van der Waals surface area contributed by atoms with E-state index in [2.05, 4.69) is 6.92 Å². The number of benzene rings is 1. The summed E-state index contributed by atoms with van der Waals surface area (Å²) in [4.78, 5) is 0. The zero-order chi connectivity index (χ0) is 13.1. The van der Waals surface area contributed by atoms with Gasteiger partial charge in [0.05, 0.1) is 0 Å². The number of rotatable bonds is 4. The molecule has 0 saturated carbocycles. The molecule has 0 aliphatic carbocycles. The van der Waals surface area contributed by atoms with E-state index in [1.165, 1.54) is 10.5 Å². The summed E-state index contributed by atoms with van der Waals surface area (Å²) in [7, 11) is 0. The van der Waals surface area contributed by atoms with Crippen molar-refractivity contribution in [3.8, 4) is 15.8 Å². The summed E-state index contributed by atoms with van der Waals surface area (Å²) in [5.74, 6) is -1.72. The first-order chi connectivity index (χ1) is 8.67. The second-order valence-electron chi connectivity index (χ2n) is 3.79. The maximum absolute atomic E-state index is 14.0. The molecule has 0 radical (unpaired) electrons. The molecule has 1 nitrogen and oxygen atoms in total. The molecule has 0 atom stereocenters. The van der Waals surface area contributed by atoms with E-state index in [0.717, 1.165) is 10.9 Å². The molecule has 0 saturated heterocycles. The average Bonchev–Trinajstić information content (AvgIpc) is 2.84. The Hall–Kier alpha value is -1.12. The van der Waals surface area contributed by atoms with E-state index in [-0.39, 0.29) is 20.3 Å². The topological polar surface area (TPSA) is 9.23 Å². The summed E-state index contributed by atoms with van der Waals surface area (Å²) in [6, 6.07) is 6.99. The number of aryl methyl sites for hydroxylation is 1. The van der Waals surface area contributed by atoms with Crippen molar-refractivity contribution in [2.45, 2.75) is 20.3 Å². The number of hydrogen-bond acceptors (Lipinski definition) is 1. The molecule has 1 aromatic carbocycles. The Bertz CT molecular complexity index is 549. The van der Waals surface area contributed by atoms with Crippen LogP contribution in [0.1, 0.15) is 18.3 Å². The van der Waals surface area contributed by atoms with E-state index in [1.807, 2.05) is 12.1 Å². The molecular weight excluding hydrogens is 301 g/mol. The molecule has 0 aliphatic heterocycles. The number of ether oxygens (including phenoxy) is 1. The van der Waals surface area contributed by atoms with Crippen molar-refractivity contribution in [2.75, 3.05) is 6.61 Å². The fraction of sp³-hybridized carbons (Fsp3) is 0.286. The van der Waals surface area contributed by atoms with Gasteiger partial charge in [-0.2, -0.15) is 0 Å². The van der Waals surface area contributed by atoms with Gasteiger partial charge in [-0.05, 0) is 0 Å². The van der Waals surface area contributed by atoms with Crippen LogP contribution >= 0.6 is 0 Å². The van der Waals surface area contributed by atoms with Gasteiger partial charge in [-0.1, -0.05) is 0 Å². The quantitative estimate of drug-likeness (QED) is 0.783. The Morgan fingerprint density at radius 3 is 2.44 bits per heavy atom. The molecule has 0 aliphatic rings. The minimum atomic E-state index is -0.893. The van der Waals surface area contributed by atoms with Gasteiger partial charge in [0, 0.05) is 0 Å². The van der Waals surface area contributed by atoms with Crippen LogP contribution in [0.4, 0.5) is 8.78 Å². The Kier molecular flexibility index (Phi) is 4.20. The van der Waals surface area contributed by atoms with Crippen molar-refractivity contribution in [3.05, 3.63) is 40.3 Å². The van der Waals surface area contributed by atoms with E-state index >= 15 is 0 Å². The molecule has 0 spiro atoms. The standard InChI is InChI=1S/C14H14F2OSe/c1-3-9-5-8-12(18-9)10-6-7-11(17-4-2)14(16)13(10)15/h5-8H,3-4H2,1-2H3. The predicted octanol–water partition coefficient (Wildman–Crippen LogP) is 3.65. The summed E-state index contributed by atoms with van der Waals surface area (Å²) in [5, 5.41) is 0. The molecule has 4 heteroatoms. The fourth-order valence-electron chi connectivity index (χ4n) is 1.70. The van der Waals surface area contributed by atoms with Crippen LogP contribution in [0.25, 0.3) is 10.0 Å². The van der Waals surface area contributed by atoms with Gasteiger partial charge in [-0.25, -0.2) is 0 Å². The van der Waals surface area contributed by atoms with Gasteiger partial charge in [-0.15, -0.1) is 0 Å². The molecule has 1 heterocycles. The van der Waals surface area contributed by atoms with Gasteiger partial charge in [0.2, 0.25) is 0 Å². The molecule has 0 amide bonds. The first kappa shape index (κ1) is 13.3. The van der Waals surface area contributed by atoms with Gasteiger partial charge < -0.3 is 0 Å². The van der Waals surface area contributed by atoms with Crippen LogP contribution in [-0.2, 0) is 6.42 Å². The minimum absolute atomic E-state index is 0.0199. The molecule has 2 aromatic rings. The van der Waals surface area contributed by atoms with Crippen LogP contribution < -0.4 is 4.74 Å². The Labute approximate surface area is 111 Å². The second-order valence-corrected chi connectivity index (χ2v) is 6.24. The number of halogens is 2. The van der Waals surface area contributed by atoms with Crippen LogP contribution in [0.2, 0.25) is 0 Å². The summed E-state index contributed by atoms with van der Waals surface area (Å²) >= 11 is 0.106. The summed E-state index contributed by atoms with van der Waals surface area (Å²) in [5.41, 5.74) is 0.357. The van der Waals surface area contributed by atoms with Crippen molar-refractivity contribution < 1.29 is 13.5 Å². The van der Waals surface area contributed by atoms with Gasteiger partial charge in [0.25, 0.3) is 0 Å². The molecule has 0 bridgehead atoms. The first-order valence-electron chi connectivity index (χ1n) is 5.87. The van der Waals surface area contributed by atoms with Crippen molar-refractivity contribution in [2.24, 2.45) is 0 Å². The zero-order valence-electron chi connectivity index (χ0n) is 10.3. The van der Waals surface area contributed by atoms with Crippen LogP contribution in [-0.4, -0.2) is 21.1 Å². The molecular formula is C14H14F2OSe. The van der Waals surface area contributed by atoms with E-state index in [9.17, 15) is 8.78 Å². The summed E-state index contributed by atoms with van der Waals surface area (Å²) in [6.07, 6.45) is 0.959. The summed E-state index contributed by atoms with van der Waals surface area (Å²) < 4.78 is 34.9. The van der Waals surface area contributed by atoms with E-state index in [1.54, 1.807) is 13.0 Å².